The lowest BCUT2D eigenvalue weighted by Crippen LogP contribution is -2.32. The van der Waals surface area contributed by atoms with Crippen LogP contribution in [0.2, 0.25) is 0 Å². The zero-order valence-corrected chi connectivity index (χ0v) is 10.0. The Morgan fingerprint density at radius 1 is 1.46 bits per heavy atom. The molecule has 1 N–H and O–H groups in total. The van der Waals surface area contributed by atoms with Gasteiger partial charge in [0.2, 0.25) is 0 Å². The second kappa shape index (κ2) is 5.59. The van der Waals surface area contributed by atoms with Gasteiger partial charge in [-0.2, -0.15) is 0 Å². The van der Waals surface area contributed by atoms with Crippen LogP contribution in [0.3, 0.4) is 0 Å². The molecule has 78 valence electrons. The summed E-state index contributed by atoms with van der Waals surface area (Å²) in [4.78, 5) is 11.1. The smallest absolute Gasteiger partial charge is 0.313 e. The van der Waals surface area contributed by atoms with Crippen molar-refractivity contribution in [1.82, 2.24) is 0 Å². The zero-order valence-electron chi connectivity index (χ0n) is 9.13. The minimum Gasteiger partial charge on any atom is -0.481 e. The second-order valence-corrected chi connectivity index (χ2v) is 6.54. The van der Waals surface area contributed by atoms with Crippen molar-refractivity contribution in [3.8, 4) is 0 Å². The molecule has 13 heavy (non-hydrogen) atoms. The van der Waals surface area contributed by atoms with Gasteiger partial charge < -0.3 is 5.11 Å². The number of carbonyl (C=O) groups is 1. The molecule has 0 aromatic heterocycles. The molecule has 0 aromatic rings. The van der Waals surface area contributed by atoms with Gasteiger partial charge in [0.25, 0.3) is 0 Å². The van der Waals surface area contributed by atoms with E-state index >= 15 is 0 Å². The minimum atomic E-state index is -0.625. The van der Waals surface area contributed by atoms with Gasteiger partial charge in [-0.1, -0.05) is 28.2 Å². The lowest BCUT2D eigenvalue weighted by molar-refractivity contribution is -0.139. The average Bonchev–Trinajstić information content (AvgIpc) is 2.12. The molecule has 2 unspecified atom stereocenters. The van der Waals surface area contributed by atoms with Crippen LogP contribution in [0.1, 0.15) is 40.0 Å². The number of unbranched alkanes of at least 4 members (excludes halogenated alkanes) is 1. The van der Waals surface area contributed by atoms with Gasteiger partial charge in [-0.25, -0.2) is 0 Å². The maximum Gasteiger partial charge on any atom is 0.313 e. The van der Waals surface area contributed by atoms with Crippen LogP contribution < -0.4 is 0 Å². The SMILES string of the molecule is CCCCP(C)C(C)(CC)C(=O)O. The molecule has 0 radical (unpaired) electrons. The van der Waals surface area contributed by atoms with Crippen molar-refractivity contribution in [2.75, 3.05) is 12.8 Å². The Labute approximate surface area is 82.5 Å². The van der Waals surface area contributed by atoms with Crippen LogP contribution in [0.25, 0.3) is 0 Å². The molecular formula is C10H21O2P. The number of aliphatic carboxylic acids is 1. The van der Waals surface area contributed by atoms with Crippen LogP contribution in [0.5, 0.6) is 0 Å². The molecule has 0 bridgehead atoms. The summed E-state index contributed by atoms with van der Waals surface area (Å²) in [5, 5.41) is 8.65. The highest BCUT2D eigenvalue weighted by Gasteiger charge is 2.36. The van der Waals surface area contributed by atoms with E-state index in [4.69, 9.17) is 5.11 Å². The Balaban J connectivity index is 4.29. The summed E-state index contributed by atoms with van der Waals surface area (Å²) in [6, 6.07) is 0. The van der Waals surface area contributed by atoms with Crippen LogP contribution in [0.15, 0.2) is 0 Å². The average molecular weight is 204 g/mol. The molecule has 0 rings (SSSR count). The van der Waals surface area contributed by atoms with E-state index in [1.807, 2.05) is 13.8 Å². The summed E-state index contributed by atoms with van der Waals surface area (Å²) in [5.41, 5.74) is 0. The molecule has 0 saturated carbocycles. The highest BCUT2D eigenvalue weighted by molar-refractivity contribution is 7.59. The first-order valence-corrected chi connectivity index (χ1v) is 6.91. The number of carboxylic acid groups (broad SMARTS) is 1. The Hall–Kier alpha value is -0.100. The van der Waals surface area contributed by atoms with Gasteiger partial charge in [-0.3, -0.25) is 4.79 Å². The van der Waals surface area contributed by atoms with E-state index in [2.05, 4.69) is 13.6 Å². The third-order valence-corrected chi connectivity index (χ3v) is 6.02. The molecule has 0 heterocycles. The molecule has 0 aromatic carbocycles. The maximum atomic E-state index is 11.1. The molecule has 2 nitrogen and oxygen atoms in total. The van der Waals surface area contributed by atoms with E-state index in [9.17, 15) is 4.79 Å². The second-order valence-electron chi connectivity index (χ2n) is 3.71. The van der Waals surface area contributed by atoms with Crippen LogP contribution >= 0.6 is 7.92 Å². The molecule has 0 spiro atoms. The van der Waals surface area contributed by atoms with Crippen molar-refractivity contribution in [1.29, 1.82) is 0 Å². The first-order valence-electron chi connectivity index (χ1n) is 4.93. The van der Waals surface area contributed by atoms with Crippen LogP contribution in [0, 0.1) is 0 Å². The van der Waals surface area contributed by atoms with Crippen LogP contribution in [-0.2, 0) is 4.79 Å². The topological polar surface area (TPSA) is 37.3 Å². The lowest BCUT2D eigenvalue weighted by Gasteiger charge is -2.30. The first-order chi connectivity index (χ1) is 5.99. The Morgan fingerprint density at radius 2 is 2.00 bits per heavy atom. The largest absolute Gasteiger partial charge is 0.481 e. The molecule has 2 atom stereocenters. The van der Waals surface area contributed by atoms with E-state index in [0.29, 0.717) is 0 Å². The standard InChI is InChI=1S/C10H21O2P/c1-5-7-8-13(4)10(3,6-2)9(11)12/h5-8H2,1-4H3,(H,11,12). The van der Waals surface area contributed by atoms with Gasteiger partial charge >= 0.3 is 5.97 Å². The van der Waals surface area contributed by atoms with Crippen molar-refractivity contribution in [2.24, 2.45) is 0 Å². The fourth-order valence-corrected chi connectivity index (χ4v) is 3.38. The number of rotatable bonds is 6. The molecule has 0 aliphatic heterocycles. The Kier molecular flexibility index (Phi) is 5.55. The minimum absolute atomic E-state index is 0.371. The fraction of sp³-hybridized carbons (Fsp3) is 0.900. The fourth-order valence-electron chi connectivity index (χ4n) is 1.23. The quantitative estimate of drug-likeness (QED) is 0.675. The monoisotopic (exact) mass is 204 g/mol. The molecule has 0 amide bonds. The predicted octanol–water partition coefficient (Wildman–Crippen LogP) is 3.15. The summed E-state index contributed by atoms with van der Waals surface area (Å²) in [5.74, 6) is -0.625. The van der Waals surface area contributed by atoms with Crippen molar-refractivity contribution < 1.29 is 9.90 Å². The van der Waals surface area contributed by atoms with Crippen LogP contribution in [0.4, 0.5) is 0 Å². The van der Waals surface area contributed by atoms with Crippen molar-refractivity contribution in [3.63, 3.8) is 0 Å². The van der Waals surface area contributed by atoms with Gasteiger partial charge in [-0.15, -0.1) is 0 Å². The molecule has 0 fully saturated rings. The van der Waals surface area contributed by atoms with Gasteiger partial charge in [-0.05, 0) is 32.6 Å². The number of hydrogen-bond donors (Lipinski definition) is 1. The number of hydrogen-bond acceptors (Lipinski definition) is 1. The Morgan fingerprint density at radius 3 is 2.31 bits per heavy atom. The van der Waals surface area contributed by atoms with Crippen molar-refractivity contribution in [2.45, 2.75) is 45.2 Å². The van der Waals surface area contributed by atoms with Gasteiger partial charge in [0.1, 0.15) is 0 Å². The molecular weight excluding hydrogens is 183 g/mol. The van der Waals surface area contributed by atoms with Gasteiger partial charge in [0, 0.05) is 0 Å². The summed E-state index contributed by atoms with van der Waals surface area (Å²) < 4.78 is 0. The van der Waals surface area contributed by atoms with E-state index in [0.717, 1.165) is 25.4 Å². The highest BCUT2D eigenvalue weighted by atomic mass is 31.1. The first kappa shape index (κ1) is 12.9. The van der Waals surface area contributed by atoms with Crippen molar-refractivity contribution >= 4 is 13.9 Å². The maximum absolute atomic E-state index is 11.1. The van der Waals surface area contributed by atoms with E-state index < -0.39 is 11.1 Å². The van der Waals surface area contributed by atoms with Gasteiger partial charge in [0.15, 0.2) is 0 Å². The zero-order chi connectivity index (χ0) is 10.5. The van der Waals surface area contributed by atoms with Crippen LogP contribution in [-0.4, -0.2) is 29.1 Å². The predicted molar refractivity (Wildman–Crippen MR) is 59.0 cm³/mol. The third kappa shape index (κ3) is 3.27. The third-order valence-electron chi connectivity index (χ3n) is 2.84. The Bertz CT molecular complexity index is 170. The number of carboxylic acids is 1. The molecule has 0 aliphatic carbocycles. The van der Waals surface area contributed by atoms with Gasteiger partial charge in [0.05, 0.1) is 5.16 Å². The van der Waals surface area contributed by atoms with E-state index in [1.165, 1.54) is 0 Å². The normalized spacial score (nSPS) is 17.8. The summed E-state index contributed by atoms with van der Waals surface area (Å²) in [6.45, 7) is 8.12. The molecule has 0 saturated heterocycles. The van der Waals surface area contributed by atoms with E-state index in [-0.39, 0.29) is 7.92 Å². The highest BCUT2D eigenvalue weighted by Crippen LogP contribution is 2.49. The summed E-state index contributed by atoms with van der Waals surface area (Å²) in [6.07, 6.45) is 4.15. The summed E-state index contributed by atoms with van der Waals surface area (Å²) in [7, 11) is -0.371. The molecule has 3 heteroatoms. The van der Waals surface area contributed by atoms with E-state index in [1.54, 1.807) is 0 Å². The van der Waals surface area contributed by atoms with Crippen molar-refractivity contribution in [3.05, 3.63) is 0 Å². The lowest BCUT2D eigenvalue weighted by atomic mass is 10.1. The molecule has 0 aliphatic rings. The summed E-state index contributed by atoms with van der Waals surface area (Å²) >= 11 is 0.